The molecule has 0 saturated heterocycles. The van der Waals surface area contributed by atoms with Crippen molar-refractivity contribution < 1.29 is 4.74 Å². The molecule has 0 aliphatic heterocycles. The van der Waals surface area contributed by atoms with Crippen LogP contribution in [0.2, 0.25) is 0 Å². The Labute approximate surface area is 129 Å². The number of aryl methyl sites for hydroxylation is 2. The zero-order valence-corrected chi connectivity index (χ0v) is 13.8. The third kappa shape index (κ3) is 3.07. The van der Waals surface area contributed by atoms with E-state index in [-0.39, 0.29) is 6.04 Å². The standard InChI is InChI=1S/C15H22N4OS/c1-5-6-12-15(21-19-18-12)13(17-16)11-8-7-9(2)10(3)14(11)20-4/h7-8,13,17H,5-6,16H2,1-4H3. The first-order valence-electron chi connectivity index (χ1n) is 7.05. The molecular weight excluding hydrogens is 284 g/mol. The van der Waals surface area contributed by atoms with Gasteiger partial charge in [-0.15, -0.1) is 5.10 Å². The van der Waals surface area contributed by atoms with Crippen LogP contribution < -0.4 is 16.0 Å². The molecule has 0 aliphatic rings. The van der Waals surface area contributed by atoms with E-state index in [1.807, 2.05) is 0 Å². The summed E-state index contributed by atoms with van der Waals surface area (Å²) < 4.78 is 9.69. The summed E-state index contributed by atoms with van der Waals surface area (Å²) in [7, 11) is 1.69. The highest BCUT2D eigenvalue weighted by Gasteiger charge is 2.24. The van der Waals surface area contributed by atoms with Crippen molar-refractivity contribution in [1.29, 1.82) is 0 Å². The van der Waals surface area contributed by atoms with Crippen LogP contribution in [0.1, 0.15) is 46.6 Å². The Hall–Kier alpha value is -1.50. The molecule has 5 nitrogen and oxygen atoms in total. The second-order valence-electron chi connectivity index (χ2n) is 5.06. The molecule has 0 fully saturated rings. The van der Waals surface area contributed by atoms with Crippen molar-refractivity contribution in [1.82, 2.24) is 15.0 Å². The first-order valence-corrected chi connectivity index (χ1v) is 7.82. The summed E-state index contributed by atoms with van der Waals surface area (Å²) >= 11 is 1.39. The number of hydrogen-bond acceptors (Lipinski definition) is 6. The predicted molar refractivity (Wildman–Crippen MR) is 85.5 cm³/mol. The maximum Gasteiger partial charge on any atom is 0.127 e. The van der Waals surface area contributed by atoms with Gasteiger partial charge >= 0.3 is 0 Å². The van der Waals surface area contributed by atoms with Crippen LogP contribution in [-0.2, 0) is 6.42 Å². The van der Waals surface area contributed by atoms with E-state index >= 15 is 0 Å². The van der Waals surface area contributed by atoms with Gasteiger partial charge < -0.3 is 4.74 Å². The van der Waals surface area contributed by atoms with Gasteiger partial charge in [0.2, 0.25) is 0 Å². The van der Waals surface area contributed by atoms with Crippen molar-refractivity contribution in [3.8, 4) is 5.75 Å². The van der Waals surface area contributed by atoms with E-state index in [2.05, 4.69) is 47.9 Å². The molecule has 1 atom stereocenters. The predicted octanol–water partition coefficient (Wildman–Crippen LogP) is 2.67. The highest BCUT2D eigenvalue weighted by Crippen LogP contribution is 2.36. The highest BCUT2D eigenvalue weighted by molar-refractivity contribution is 7.05. The number of nitrogens with zero attached hydrogens (tertiary/aromatic N) is 2. The van der Waals surface area contributed by atoms with Crippen LogP contribution in [0.5, 0.6) is 5.75 Å². The normalized spacial score (nSPS) is 12.4. The smallest absolute Gasteiger partial charge is 0.127 e. The molecular formula is C15H22N4OS. The molecule has 1 unspecified atom stereocenters. The molecule has 3 N–H and O–H groups in total. The van der Waals surface area contributed by atoms with Gasteiger partial charge in [0.25, 0.3) is 0 Å². The van der Waals surface area contributed by atoms with Crippen molar-refractivity contribution in [2.24, 2.45) is 5.84 Å². The van der Waals surface area contributed by atoms with Gasteiger partial charge in [-0.2, -0.15) is 0 Å². The third-order valence-corrected chi connectivity index (χ3v) is 4.55. The largest absolute Gasteiger partial charge is 0.496 e. The van der Waals surface area contributed by atoms with E-state index in [1.54, 1.807) is 7.11 Å². The van der Waals surface area contributed by atoms with Gasteiger partial charge in [0.1, 0.15) is 5.75 Å². The lowest BCUT2D eigenvalue weighted by molar-refractivity contribution is 0.401. The van der Waals surface area contributed by atoms with Crippen LogP contribution in [0.3, 0.4) is 0 Å². The van der Waals surface area contributed by atoms with Crippen LogP contribution in [0.25, 0.3) is 0 Å². The minimum atomic E-state index is -0.152. The van der Waals surface area contributed by atoms with Crippen LogP contribution in [-0.4, -0.2) is 16.7 Å². The fourth-order valence-corrected chi connectivity index (χ4v) is 3.24. The van der Waals surface area contributed by atoms with Crippen molar-refractivity contribution >= 4 is 11.5 Å². The van der Waals surface area contributed by atoms with E-state index in [9.17, 15) is 0 Å². The molecule has 0 saturated carbocycles. The lowest BCUT2D eigenvalue weighted by atomic mass is 9.97. The molecule has 0 amide bonds. The SMILES string of the molecule is CCCc1nnsc1C(NN)c1ccc(C)c(C)c1OC. The zero-order chi connectivity index (χ0) is 15.4. The summed E-state index contributed by atoms with van der Waals surface area (Å²) in [5.74, 6) is 6.69. The molecule has 0 bridgehead atoms. The Morgan fingerprint density at radius 3 is 2.76 bits per heavy atom. The average Bonchev–Trinajstić information content (AvgIpc) is 2.92. The maximum atomic E-state index is 5.82. The molecule has 2 rings (SSSR count). The second-order valence-corrected chi connectivity index (χ2v) is 5.85. The van der Waals surface area contributed by atoms with E-state index in [1.165, 1.54) is 17.1 Å². The van der Waals surface area contributed by atoms with Gasteiger partial charge in [0.05, 0.1) is 23.7 Å². The molecule has 6 heteroatoms. The number of nitrogens with one attached hydrogen (secondary N) is 1. The fourth-order valence-electron chi connectivity index (χ4n) is 2.46. The summed E-state index contributed by atoms with van der Waals surface area (Å²) in [6.45, 7) is 6.26. The van der Waals surface area contributed by atoms with Gasteiger partial charge in [-0.25, -0.2) is 5.43 Å². The van der Waals surface area contributed by atoms with Gasteiger partial charge in [0, 0.05) is 5.56 Å². The minimum Gasteiger partial charge on any atom is -0.496 e. The summed E-state index contributed by atoms with van der Waals surface area (Å²) in [6, 6.07) is 3.99. The first kappa shape index (κ1) is 15.9. The van der Waals surface area contributed by atoms with E-state index in [0.717, 1.165) is 40.3 Å². The van der Waals surface area contributed by atoms with Gasteiger partial charge in [-0.3, -0.25) is 5.84 Å². The summed E-state index contributed by atoms with van der Waals surface area (Å²) in [5, 5.41) is 4.23. The maximum absolute atomic E-state index is 5.82. The number of nitrogens with two attached hydrogens (primary N) is 1. The van der Waals surface area contributed by atoms with Crippen molar-refractivity contribution in [3.05, 3.63) is 39.4 Å². The van der Waals surface area contributed by atoms with Crippen molar-refractivity contribution in [3.63, 3.8) is 0 Å². The molecule has 0 spiro atoms. The second kappa shape index (κ2) is 6.98. The first-order chi connectivity index (χ1) is 10.1. The van der Waals surface area contributed by atoms with E-state index in [4.69, 9.17) is 10.6 Å². The molecule has 1 heterocycles. The van der Waals surface area contributed by atoms with Crippen LogP contribution in [0.15, 0.2) is 12.1 Å². The van der Waals surface area contributed by atoms with Gasteiger partial charge in [0.15, 0.2) is 0 Å². The lowest BCUT2D eigenvalue weighted by Crippen LogP contribution is -2.29. The summed E-state index contributed by atoms with van der Waals surface area (Å²) in [4.78, 5) is 1.06. The minimum absolute atomic E-state index is 0.152. The lowest BCUT2D eigenvalue weighted by Gasteiger charge is -2.20. The fraction of sp³-hybridized carbons (Fsp3) is 0.467. The molecule has 1 aromatic heterocycles. The zero-order valence-electron chi connectivity index (χ0n) is 12.9. The van der Waals surface area contributed by atoms with Crippen molar-refractivity contribution in [2.75, 3.05) is 7.11 Å². The molecule has 21 heavy (non-hydrogen) atoms. The van der Waals surface area contributed by atoms with Crippen LogP contribution >= 0.6 is 11.5 Å². The number of rotatable bonds is 6. The molecule has 1 aromatic carbocycles. The number of hydrogen-bond donors (Lipinski definition) is 2. The molecule has 2 aromatic rings. The Kier molecular flexibility index (Phi) is 5.27. The van der Waals surface area contributed by atoms with Gasteiger partial charge in [-0.1, -0.05) is 30.0 Å². The van der Waals surface area contributed by atoms with Crippen LogP contribution in [0, 0.1) is 13.8 Å². The Bertz CT molecular complexity index is 612. The van der Waals surface area contributed by atoms with E-state index < -0.39 is 0 Å². The summed E-state index contributed by atoms with van der Waals surface area (Å²) in [6.07, 6.45) is 1.93. The van der Waals surface area contributed by atoms with Gasteiger partial charge in [-0.05, 0) is 42.9 Å². The number of aromatic nitrogens is 2. The average molecular weight is 306 g/mol. The quantitative estimate of drug-likeness (QED) is 0.634. The number of methoxy groups -OCH3 is 1. The number of benzene rings is 1. The Morgan fingerprint density at radius 2 is 2.14 bits per heavy atom. The molecule has 114 valence electrons. The third-order valence-electron chi connectivity index (χ3n) is 3.72. The van der Waals surface area contributed by atoms with Crippen molar-refractivity contribution in [2.45, 2.75) is 39.7 Å². The summed E-state index contributed by atoms with van der Waals surface area (Å²) in [5.41, 5.74) is 7.24. The Balaban J connectivity index is 2.51. The Morgan fingerprint density at radius 1 is 1.38 bits per heavy atom. The number of ether oxygens (including phenoxy) is 1. The molecule has 0 aliphatic carbocycles. The van der Waals surface area contributed by atoms with E-state index in [0.29, 0.717) is 0 Å². The topological polar surface area (TPSA) is 73.1 Å². The van der Waals surface area contributed by atoms with Crippen LogP contribution in [0.4, 0.5) is 0 Å². The monoisotopic (exact) mass is 306 g/mol. The number of hydrazine groups is 1. The highest BCUT2D eigenvalue weighted by atomic mass is 32.1. The molecule has 0 radical (unpaired) electrons.